The number of rotatable bonds is 6. The molecule has 0 saturated carbocycles. The molecule has 0 spiro atoms. The van der Waals surface area contributed by atoms with Gasteiger partial charge in [-0.2, -0.15) is 0 Å². The van der Waals surface area contributed by atoms with Gasteiger partial charge in [-0.3, -0.25) is 10.1 Å². The molecule has 6 heteroatoms. The van der Waals surface area contributed by atoms with Crippen molar-refractivity contribution in [1.29, 1.82) is 0 Å². The number of benzene rings is 1. The topological polar surface area (TPSA) is 55.5 Å². The zero-order chi connectivity index (χ0) is 13.7. The predicted molar refractivity (Wildman–Crippen MR) is 74.5 cm³/mol. The minimum absolute atomic E-state index is 0. The van der Waals surface area contributed by atoms with Gasteiger partial charge in [-0.25, -0.2) is 9.48 Å². The minimum atomic E-state index is -0.373. The molecule has 0 fully saturated rings. The van der Waals surface area contributed by atoms with E-state index in [0.717, 1.165) is 31.5 Å². The number of aliphatic imine (C=N–C) groups is 1. The van der Waals surface area contributed by atoms with E-state index in [1.807, 2.05) is 24.7 Å². The van der Waals surface area contributed by atoms with E-state index in [-0.39, 0.29) is 27.6 Å². The summed E-state index contributed by atoms with van der Waals surface area (Å²) in [6.07, 6.45) is 8.11. The first-order valence-corrected chi connectivity index (χ1v) is 6.47. The van der Waals surface area contributed by atoms with E-state index in [0.29, 0.717) is 4.48 Å². The van der Waals surface area contributed by atoms with Crippen LogP contribution in [0, 0.1) is 10.1 Å². The van der Waals surface area contributed by atoms with Crippen LogP contribution in [0.25, 0.3) is 0 Å². The van der Waals surface area contributed by atoms with Crippen LogP contribution in [-0.4, -0.2) is 22.3 Å². The maximum Gasteiger partial charge on any atom is 0.269 e. The third-order valence-electron chi connectivity index (χ3n) is 3.30. The van der Waals surface area contributed by atoms with Gasteiger partial charge in [-0.1, -0.05) is 13.3 Å². The molecule has 0 N–H and O–H groups in total. The van der Waals surface area contributed by atoms with Crippen molar-refractivity contribution in [3.8, 4) is 0 Å². The molecule has 0 saturated heterocycles. The van der Waals surface area contributed by atoms with Gasteiger partial charge < -0.3 is 17.0 Å². The van der Waals surface area contributed by atoms with Crippen LogP contribution >= 0.6 is 0 Å². The number of quaternary nitrogens is 1. The molecule has 1 atom stereocenters. The molecule has 1 heterocycles. The SMILES string of the molecule is CCCC[N+]1(Cc2ccc([N+](=O)[O-])cc2)C=CN=C1.[Br-]. The fourth-order valence-corrected chi connectivity index (χ4v) is 2.20. The first kappa shape index (κ1) is 16.5. The Morgan fingerprint density at radius 3 is 2.50 bits per heavy atom. The molecule has 0 radical (unpaired) electrons. The lowest BCUT2D eigenvalue weighted by Crippen LogP contribution is -3.00. The number of non-ortho nitro benzene ring substituents is 1. The molecule has 0 amide bonds. The van der Waals surface area contributed by atoms with E-state index in [4.69, 9.17) is 0 Å². The predicted octanol–water partition coefficient (Wildman–Crippen LogP) is 0.229. The second-order valence-electron chi connectivity index (χ2n) is 4.82. The fourth-order valence-electron chi connectivity index (χ4n) is 2.20. The zero-order valence-corrected chi connectivity index (χ0v) is 13.0. The van der Waals surface area contributed by atoms with Crippen molar-refractivity contribution in [3.05, 3.63) is 52.3 Å². The summed E-state index contributed by atoms with van der Waals surface area (Å²) >= 11 is 0. The molecule has 0 aromatic heterocycles. The average molecular weight is 340 g/mol. The summed E-state index contributed by atoms with van der Waals surface area (Å²) < 4.78 is 0.700. The van der Waals surface area contributed by atoms with E-state index in [9.17, 15) is 10.1 Å². The van der Waals surface area contributed by atoms with Crippen LogP contribution in [0.3, 0.4) is 0 Å². The highest BCUT2D eigenvalue weighted by atomic mass is 79.9. The van der Waals surface area contributed by atoms with Gasteiger partial charge in [0.1, 0.15) is 12.7 Å². The standard InChI is InChI=1S/C14H18N3O2.BrH/c1-2-3-9-17(10-8-15-12-17)11-13-4-6-14(7-5-13)16(18)19;/h4-8,10,12H,2-3,9,11H2,1H3;1H/q+1;/p-1. The Morgan fingerprint density at radius 1 is 1.30 bits per heavy atom. The van der Waals surface area contributed by atoms with Crippen molar-refractivity contribution in [2.75, 3.05) is 6.54 Å². The lowest BCUT2D eigenvalue weighted by Gasteiger charge is -2.27. The highest BCUT2D eigenvalue weighted by Gasteiger charge is 2.26. The zero-order valence-electron chi connectivity index (χ0n) is 11.4. The van der Waals surface area contributed by atoms with Crippen LogP contribution in [0.15, 0.2) is 41.7 Å². The molecular weight excluding hydrogens is 322 g/mol. The molecule has 1 aliphatic heterocycles. The van der Waals surface area contributed by atoms with Gasteiger partial charge in [0.05, 0.1) is 17.7 Å². The number of nitro benzene ring substituents is 1. The van der Waals surface area contributed by atoms with Crippen molar-refractivity contribution >= 4 is 12.0 Å². The van der Waals surface area contributed by atoms with Crippen LogP contribution in [0.2, 0.25) is 0 Å². The molecule has 1 aromatic carbocycles. The van der Waals surface area contributed by atoms with E-state index in [1.54, 1.807) is 12.1 Å². The normalized spacial score (nSPS) is 19.9. The van der Waals surface area contributed by atoms with Crippen LogP contribution in [0.1, 0.15) is 25.3 Å². The first-order valence-electron chi connectivity index (χ1n) is 6.47. The maximum atomic E-state index is 10.6. The molecule has 1 aromatic rings. The summed E-state index contributed by atoms with van der Waals surface area (Å²) in [5.41, 5.74) is 1.22. The summed E-state index contributed by atoms with van der Waals surface area (Å²) in [6, 6.07) is 6.76. The highest BCUT2D eigenvalue weighted by Crippen LogP contribution is 2.20. The second-order valence-corrected chi connectivity index (χ2v) is 4.82. The van der Waals surface area contributed by atoms with Crippen LogP contribution in [0.4, 0.5) is 5.69 Å². The Morgan fingerprint density at radius 2 is 2.00 bits per heavy atom. The van der Waals surface area contributed by atoms with Crippen LogP contribution in [0.5, 0.6) is 0 Å². The summed E-state index contributed by atoms with van der Waals surface area (Å²) in [6.45, 7) is 3.96. The van der Waals surface area contributed by atoms with E-state index >= 15 is 0 Å². The van der Waals surface area contributed by atoms with E-state index in [2.05, 4.69) is 18.1 Å². The van der Waals surface area contributed by atoms with Crippen molar-refractivity contribution in [2.45, 2.75) is 26.3 Å². The van der Waals surface area contributed by atoms with Gasteiger partial charge in [0.2, 0.25) is 0 Å². The molecule has 2 rings (SSSR count). The van der Waals surface area contributed by atoms with Gasteiger partial charge in [0.25, 0.3) is 5.69 Å². The first-order chi connectivity index (χ1) is 9.15. The lowest BCUT2D eigenvalue weighted by atomic mass is 10.1. The highest BCUT2D eigenvalue weighted by molar-refractivity contribution is 5.51. The van der Waals surface area contributed by atoms with Gasteiger partial charge >= 0.3 is 0 Å². The van der Waals surface area contributed by atoms with Crippen molar-refractivity contribution in [1.82, 2.24) is 0 Å². The summed E-state index contributed by atoms with van der Waals surface area (Å²) in [5.74, 6) is 0. The van der Waals surface area contributed by atoms with Crippen molar-refractivity contribution in [2.24, 2.45) is 4.99 Å². The number of hydrogen-bond acceptors (Lipinski definition) is 3. The maximum absolute atomic E-state index is 10.6. The van der Waals surface area contributed by atoms with Gasteiger partial charge in [-0.15, -0.1) is 0 Å². The molecule has 0 bridgehead atoms. The molecule has 5 nitrogen and oxygen atoms in total. The number of unbranched alkanes of at least 4 members (excludes halogenated alkanes) is 1. The number of nitro groups is 1. The largest absolute Gasteiger partial charge is 1.00 e. The Kier molecular flexibility index (Phi) is 6.04. The average Bonchev–Trinajstić information content (AvgIpc) is 2.86. The number of nitrogens with zero attached hydrogens (tertiary/aromatic N) is 3. The Bertz CT molecular complexity index is 500. The monoisotopic (exact) mass is 339 g/mol. The molecule has 0 aliphatic carbocycles. The van der Waals surface area contributed by atoms with E-state index in [1.165, 1.54) is 0 Å². The Hall–Kier alpha value is -1.53. The van der Waals surface area contributed by atoms with Crippen molar-refractivity contribution < 1.29 is 26.4 Å². The summed E-state index contributed by atoms with van der Waals surface area (Å²) in [4.78, 5) is 14.4. The van der Waals surface area contributed by atoms with Crippen LogP contribution in [-0.2, 0) is 6.54 Å². The van der Waals surface area contributed by atoms with Crippen molar-refractivity contribution in [3.63, 3.8) is 0 Å². The Labute approximate surface area is 129 Å². The quantitative estimate of drug-likeness (QED) is 0.423. The molecule has 1 unspecified atom stereocenters. The number of halogens is 1. The number of hydrogen-bond donors (Lipinski definition) is 0. The third kappa shape index (κ3) is 3.98. The third-order valence-corrected chi connectivity index (χ3v) is 3.30. The van der Waals surface area contributed by atoms with E-state index < -0.39 is 0 Å². The van der Waals surface area contributed by atoms with Gasteiger partial charge in [0.15, 0.2) is 6.34 Å². The van der Waals surface area contributed by atoms with Crippen LogP contribution < -0.4 is 17.0 Å². The Balaban J connectivity index is 0.00000200. The summed E-state index contributed by atoms with van der Waals surface area (Å²) in [5, 5.41) is 10.6. The minimum Gasteiger partial charge on any atom is -1.00 e. The fraction of sp³-hybridized carbons (Fsp3) is 0.357. The molecular formula is C14H18BrN3O2. The molecule has 20 heavy (non-hydrogen) atoms. The second kappa shape index (κ2) is 7.31. The summed E-state index contributed by atoms with van der Waals surface area (Å²) in [7, 11) is 0. The molecule has 108 valence electrons. The smallest absolute Gasteiger partial charge is 0.269 e. The van der Waals surface area contributed by atoms with Gasteiger partial charge in [-0.05, 0) is 18.6 Å². The molecule has 1 aliphatic rings. The van der Waals surface area contributed by atoms with Gasteiger partial charge in [0, 0.05) is 17.7 Å². The lowest BCUT2D eigenvalue weighted by molar-refractivity contribution is -0.794.